The second-order valence-electron chi connectivity index (χ2n) is 6.50. The molecule has 3 rings (SSSR count). The quantitative estimate of drug-likeness (QED) is 0.871. The van der Waals surface area contributed by atoms with Crippen molar-refractivity contribution in [2.45, 2.75) is 37.3 Å². The van der Waals surface area contributed by atoms with Crippen molar-refractivity contribution in [1.29, 1.82) is 0 Å². The highest BCUT2D eigenvalue weighted by atomic mass is 16.5. The van der Waals surface area contributed by atoms with E-state index in [0.29, 0.717) is 6.04 Å². The standard InChI is InChI=1S/C18H25NO3/c1-12-11-18(7-8-19(2)17(18)10-14(12)20)13-5-6-15(21-3)16(9-13)22-4/h5-6,9,11,14,17,20H,7-8,10H2,1-4H3/t14-,17-,18+/m0/s1. The number of nitrogens with zero attached hydrogens (tertiary/aromatic N) is 1. The molecule has 0 spiro atoms. The van der Waals surface area contributed by atoms with Crippen molar-refractivity contribution < 1.29 is 14.6 Å². The van der Waals surface area contributed by atoms with E-state index in [1.807, 2.05) is 13.0 Å². The third kappa shape index (κ3) is 2.22. The molecule has 2 aliphatic rings. The molecule has 1 aliphatic carbocycles. The van der Waals surface area contributed by atoms with Crippen LogP contribution >= 0.6 is 0 Å². The van der Waals surface area contributed by atoms with Crippen LogP contribution in [0.3, 0.4) is 0 Å². The number of hydrogen-bond acceptors (Lipinski definition) is 4. The van der Waals surface area contributed by atoms with Crippen molar-refractivity contribution in [3.05, 3.63) is 35.4 Å². The van der Waals surface area contributed by atoms with Gasteiger partial charge in [0.25, 0.3) is 0 Å². The minimum absolute atomic E-state index is 0.0440. The summed E-state index contributed by atoms with van der Waals surface area (Å²) in [7, 11) is 5.47. The fourth-order valence-electron chi connectivity index (χ4n) is 4.08. The number of ether oxygens (including phenoxy) is 2. The highest BCUT2D eigenvalue weighted by molar-refractivity contribution is 5.49. The number of benzene rings is 1. The van der Waals surface area contributed by atoms with E-state index in [1.54, 1.807) is 14.2 Å². The van der Waals surface area contributed by atoms with E-state index in [4.69, 9.17) is 9.47 Å². The summed E-state index contributed by atoms with van der Waals surface area (Å²) in [6.07, 6.45) is 3.79. The van der Waals surface area contributed by atoms with E-state index in [1.165, 1.54) is 5.56 Å². The van der Waals surface area contributed by atoms with Gasteiger partial charge in [-0.3, -0.25) is 0 Å². The summed E-state index contributed by atoms with van der Waals surface area (Å²) in [5.74, 6) is 1.52. The molecule has 0 radical (unpaired) electrons. The number of hydrogen-bond donors (Lipinski definition) is 1. The molecule has 1 fully saturated rings. The molecule has 0 unspecified atom stereocenters. The molecule has 1 aromatic rings. The van der Waals surface area contributed by atoms with E-state index in [0.717, 1.165) is 36.5 Å². The van der Waals surface area contributed by atoms with Gasteiger partial charge < -0.3 is 19.5 Å². The average Bonchev–Trinajstić information content (AvgIpc) is 2.85. The van der Waals surface area contributed by atoms with E-state index in [2.05, 4.69) is 30.2 Å². The third-order valence-corrected chi connectivity index (χ3v) is 5.38. The maximum absolute atomic E-state index is 10.2. The van der Waals surface area contributed by atoms with Crippen LogP contribution in [0.15, 0.2) is 29.8 Å². The van der Waals surface area contributed by atoms with Crippen molar-refractivity contribution in [3.63, 3.8) is 0 Å². The van der Waals surface area contributed by atoms with Gasteiger partial charge in [-0.2, -0.15) is 0 Å². The molecule has 0 saturated carbocycles. The molecule has 3 atom stereocenters. The monoisotopic (exact) mass is 303 g/mol. The Bertz CT molecular complexity index is 598. The molecule has 1 saturated heterocycles. The average molecular weight is 303 g/mol. The van der Waals surface area contributed by atoms with Crippen LogP contribution in [-0.4, -0.2) is 50.0 Å². The third-order valence-electron chi connectivity index (χ3n) is 5.38. The number of rotatable bonds is 3. The van der Waals surface area contributed by atoms with Gasteiger partial charge in [0.15, 0.2) is 11.5 Å². The van der Waals surface area contributed by atoms with Crippen LogP contribution in [0.4, 0.5) is 0 Å². The number of aliphatic hydroxyl groups excluding tert-OH is 1. The molecule has 22 heavy (non-hydrogen) atoms. The Labute approximate surface area is 132 Å². The highest BCUT2D eigenvalue weighted by Gasteiger charge is 2.49. The Kier molecular flexibility index (Phi) is 3.91. The van der Waals surface area contributed by atoms with Crippen molar-refractivity contribution in [2.24, 2.45) is 0 Å². The Morgan fingerprint density at radius 1 is 1.23 bits per heavy atom. The Morgan fingerprint density at radius 2 is 1.95 bits per heavy atom. The van der Waals surface area contributed by atoms with Gasteiger partial charge in [0.2, 0.25) is 0 Å². The number of aliphatic hydroxyl groups is 1. The normalized spacial score (nSPS) is 31.6. The van der Waals surface area contributed by atoms with Gasteiger partial charge in [-0.1, -0.05) is 12.1 Å². The summed E-state index contributed by atoms with van der Waals surface area (Å²) in [5.41, 5.74) is 2.27. The summed E-state index contributed by atoms with van der Waals surface area (Å²) >= 11 is 0. The zero-order valence-corrected chi connectivity index (χ0v) is 13.8. The van der Waals surface area contributed by atoms with Crippen LogP contribution in [-0.2, 0) is 5.41 Å². The van der Waals surface area contributed by atoms with Gasteiger partial charge in [0, 0.05) is 11.5 Å². The number of likely N-dealkylation sites (tertiary alicyclic amines) is 1. The van der Waals surface area contributed by atoms with Crippen molar-refractivity contribution in [2.75, 3.05) is 27.8 Å². The summed E-state index contributed by atoms with van der Waals surface area (Å²) in [6.45, 7) is 3.07. The summed E-state index contributed by atoms with van der Waals surface area (Å²) in [5, 5.41) is 10.2. The first-order chi connectivity index (χ1) is 10.5. The minimum Gasteiger partial charge on any atom is -0.493 e. The Hall–Kier alpha value is -1.52. The van der Waals surface area contributed by atoms with Crippen LogP contribution in [0, 0.1) is 0 Å². The maximum atomic E-state index is 10.2. The summed E-state index contributed by atoms with van der Waals surface area (Å²) in [6, 6.07) is 6.53. The molecule has 0 amide bonds. The molecule has 1 heterocycles. The lowest BCUT2D eigenvalue weighted by Gasteiger charge is -2.41. The fraction of sp³-hybridized carbons (Fsp3) is 0.556. The lowest BCUT2D eigenvalue weighted by molar-refractivity contribution is 0.127. The largest absolute Gasteiger partial charge is 0.493 e. The highest BCUT2D eigenvalue weighted by Crippen LogP contribution is 2.48. The molecule has 1 aromatic carbocycles. The van der Waals surface area contributed by atoms with E-state index >= 15 is 0 Å². The molecule has 1 aliphatic heterocycles. The number of methoxy groups -OCH3 is 2. The van der Waals surface area contributed by atoms with Crippen LogP contribution in [0.1, 0.15) is 25.3 Å². The topological polar surface area (TPSA) is 41.9 Å². The predicted octanol–water partition coefficient (Wildman–Crippen LogP) is 2.36. The van der Waals surface area contributed by atoms with Gasteiger partial charge in [-0.25, -0.2) is 0 Å². The van der Waals surface area contributed by atoms with E-state index in [-0.39, 0.29) is 11.5 Å². The van der Waals surface area contributed by atoms with Gasteiger partial charge in [0.05, 0.1) is 20.3 Å². The van der Waals surface area contributed by atoms with Crippen molar-refractivity contribution in [1.82, 2.24) is 4.90 Å². The first-order valence-corrected chi connectivity index (χ1v) is 7.82. The zero-order chi connectivity index (χ0) is 15.9. The zero-order valence-electron chi connectivity index (χ0n) is 13.8. The smallest absolute Gasteiger partial charge is 0.161 e. The lowest BCUT2D eigenvalue weighted by Crippen LogP contribution is -2.45. The second kappa shape index (κ2) is 5.60. The Morgan fingerprint density at radius 3 is 2.64 bits per heavy atom. The van der Waals surface area contributed by atoms with Crippen LogP contribution in [0.2, 0.25) is 0 Å². The van der Waals surface area contributed by atoms with Crippen LogP contribution in [0.5, 0.6) is 11.5 Å². The molecule has 1 N–H and O–H groups in total. The maximum Gasteiger partial charge on any atom is 0.161 e. The van der Waals surface area contributed by atoms with Gasteiger partial charge in [-0.05, 0) is 56.6 Å². The fourth-order valence-corrected chi connectivity index (χ4v) is 4.08. The summed E-state index contributed by atoms with van der Waals surface area (Å²) < 4.78 is 10.8. The van der Waals surface area contributed by atoms with E-state index < -0.39 is 0 Å². The molecular weight excluding hydrogens is 278 g/mol. The lowest BCUT2D eigenvalue weighted by atomic mass is 9.67. The molecule has 0 aromatic heterocycles. The molecule has 4 heteroatoms. The summed E-state index contributed by atoms with van der Waals surface area (Å²) in [4.78, 5) is 2.36. The number of fused-ring (bicyclic) bond motifs is 1. The predicted molar refractivity (Wildman–Crippen MR) is 86.6 cm³/mol. The van der Waals surface area contributed by atoms with Crippen molar-refractivity contribution >= 4 is 0 Å². The van der Waals surface area contributed by atoms with Crippen LogP contribution < -0.4 is 9.47 Å². The number of likely N-dealkylation sites (N-methyl/N-ethyl adjacent to an activating group) is 1. The first-order valence-electron chi connectivity index (χ1n) is 7.82. The Balaban J connectivity index is 2.11. The minimum atomic E-state index is -0.334. The van der Waals surface area contributed by atoms with Gasteiger partial charge in [-0.15, -0.1) is 0 Å². The van der Waals surface area contributed by atoms with Crippen molar-refractivity contribution in [3.8, 4) is 11.5 Å². The SMILES string of the molecule is COc1ccc([C@@]23C=C(C)[C@@H](O)C[C@@H]2N(C)CC3)cc1OC. The van der Waals surface area contributed by atoms with Gasteiger partial charge in [0.1, 0.15) is 0 Å². The molecule has 4 nitrogen and oxygen atoms in total. The van der Waals surface area contributed by atoms with Gasteiger partial charge >= 0.3 is 0 Å². The van der Waals surface area contributed by atoms with E-state index in [9.17, 15) is 5.11 Å². The van der Waals surface area contributed by atoms with Crippen LogP contribution in [0.25, 0.3) is 0 Å². The molecule has 0 bridgehead atoms. The first kappa shape index (κ1) is 15.4. The molecule has 120 valence electrons. The second-order valence-corrected chi connectivity index (χ2v) is 6.50. The molecular formula is C18H25NO3.